The van der Waals surface area contributed by atoms with Crippen LogP contribution in [-0.2, 0) is 0 Å². The highest BCUT2D eigenvalue weighted by atomic mass is 19.2. The lowest BCUT2D eigenvalue weighted by Crippen LogP contribution is -2.06. The SMILES string of the molecule is CNCCC=C(C)c1cccc(F)c1F. The third-order valence-electron chi connectivity index (χ3n) is 2.22. The second-order valence-electron chi connectivity index (χ2n) is 3.38. The van der Waals surface area contributed by atoms with Crippen molar-refractivity contribution in [3.05, 3.63) is 41.5 Å². The summed E-state index contributed by atoms with van der Waals surface area (Å²) in [6.07, 6.45) is 2.70. The summed E-state index contributed by atoms with van der Waals surface area (Å²) in [5, 5.41) is 2.99. The molecule has 1 aromatic rings. The fourth-order valence-electron chi connectivity index (χ4n) is 1.35. The summed E-state index contributed by atoms with van der Waals surface area (Å²) in [6.45, 7) is 2.61. The van der Waals surface area contributed by atoms with Crippen LogP contribution in [0.5, 0.6) is 0 Å². The molecule has 0 amide bonds. The largest absolute Gasteiger partial charge is 0.319 e. The predicted octanol–water partition coefficient (Wildman–Crippen LogP) is 2.98. The van der Waals surface area contributed by atoms with Gasteiger partial charge in [0.15, 0.2) is 11.6 Å². The van der Waals surface area contributed by atoms with E-state index in [9.17, 15) is 8.78 Å². The third-order valence-corrected chi connectivity index (χ3v) is 2.22. The van der Waals surface area contributed by atoms with Gasteiger partial charge in [0.05, 0.1) is 0 Å². The summed E-state index contributed by atoms with van der Waals surface area (Å²) in [5.41, 5.74) is 1.10. The van der Waals surface area contributed by atoms with Gasteiger partial charge in [-0.25, -0.2) is 8.78 Å². The molecule has 82 valence electrons. The molecule has 15 heavy (non-hydrogen) atoms. The highest BCUT2D eigenvalue weighted by molar-refractivity contribution is 5.64. The van der Waals surface area contributed by atoms with E-state index < -0.39 is 11.6 Å². The van der Waals surface area contributed by atoms with Crippen LogP contribution in [0.2, 0.25) is 0 Å². The van der Waals surface area contributed by atoms with Crippen LogP contribution in [-0.4, -0.2) is 13.6 Å². The quantitative estimate of drug-likeness (QED) is 0.755. The van der Waals surface area contributed by atoms with E-state index in [0.29, 0.717) is 5.56 Å². The van der Waals surface area contributed by atoms with Crippen molar-refractivity contribution in [3.8, 4) is 0 Å². The van der Waals surface area contributed by atoms with Crippen LogP contribution < -0.4 is 5.32 Å². The standard InChI is InChI=1S/C12H15F2N/c1-9(5-4-8-15-2)10-6-3-7-11(13)12(10)14/h3,5-7,15H,4,8H2,1-2H3. The van der Waals surface area contributed by atoms with Gasteiger partial charge in [-0.15, -0.1) is 0 Å². The number of benzene rings is 1. The number of halogens is 2. The molecular weight excluding hydrogens is 196 g/mol. The van der Waals surface area contributed by atoms with E-state index in [4.69, 9.17) is 0 Å². The van der Waals surface area contributed by atoms with Crippen LogP contribution in [0.25, 0.3) is 5.57 Å². The summed E-state index contributed by atoms with van der Waals surface area (Å²) in [6, 6.07) is 4.23. The molecule has 3 heteroatoms. The molecule has 0 bridgehead atoms. The van der Waals surface area contributed by atoms with E-state index in [-0.39, 0.29) is 0 Å². The minimum Gasteiger partial charge on any atom is -0.319 e. The lowest BCUT2D eigenvalue weighted by atomic mass is 10.1. The van der Waals surface area contributed by atoms with Crippen molar-refractivity contribution in [2.75, 3.05) is 13.6 Å². The highest BCUT2D eigenvalue weighted by Gasteiger charge is 2.07. The number of hydrogen-bond acceptors (Lipinski definition) is 1. The van der Waals surface area contributed by atoms with Gasteiger partial charge in [-0.3, -0.25) is 0 Å². The summed E-state index contributed by atoms with van der Waals surface area (Å²) < 4.78 is 26.2. The van der Waals surface area contributed by atoms with Crippen LogP contribution in [0.3, 0.4) is 0 Å². The summed E-state index contributed by atoms with van der Waals surface area (Å²) in [7, 11) is 1.85. The Hall–Kier alpha value is -1.22. The monoisotopic (exact) mass is 211 g/mol. The first-order valence-corrected chi connectivity index (χ1v) is 4.92. The van der Waals surface area contributed by atoms with Crippen molar-refractivity contribution in [1.29, 1.82) is 0 Å². The first-order chi connectivity index (χ1) is 7.16. The maximum absolute atomic E-state index is 13.3. The Morgan fingerprint density at radius 3 is 2.80 bits per heavy atom. The zero-order valence-electron chi connectivity index (χ0n) is 8.98. The average molecular weight is 211 g/mol. The van der Waals surface area contributed by atoms with E-state index >= 15 is 0 Å². The Kier molecular flexibility index (Phi) is 4.43. The minimum atomic E-state index is -0.797. The summed E-state index contributed by atoms with van der Waals surface area (Å²) in [4.78, 5) is 0. The lowest BCUT2D eigenvalue weighted by Gasteiger charge is -2.04. The molecule has 1 aromatic carbocycles. The van der Waals surface area contributed by atoms with Gasteiger partial charge in [0, 0.05) is 5.56 Å². The highest BCUT2D eigenvalue weighted by Crippen LogP contribution is 2.19. The molecule has 0 radical (unpaired) electrons. The van der Waals surface area contributed by atoms with E-state index in [1.807, 2.05) is 13.1 Å². The Morgan fingerprint density at radius 1 is 1.40 bits per heavy atom. The van der Waals surface area contributed by atoms with Gasteiger partial charge in [0.25, 0.3) is 0 Å². The van der Waals surface area contributed by atoms with Crippen molar-refractivity contribution in [2.24, 2.45) is 0 Å². The van der Waals surface area contributed by atoms with E-state index in [2.05, 4.69) is 5.32 Å². The van der Waals surface area contributed by atoms with Crippen LogP contribution >= 0.6 is 0 Å². The molecule has 0 aromatic heterocycles. The zero-order valence-corrected chi connectivity index (χ0v) is 8.98. The molecule has 0 saturated heterocycles. The molecule has 1 N–H and O–H groups in total. The van der Waals surface area contributed by atoms with Gasteiger partial charge in [-0.2, -0.15) is 0 Å². The Labute approximate surface area is 88.8 Å². The normalized spacial score (nSPS) is 11.9. The molecule has 0 aliphatic carbocycles. The Balaban J connectivity index is 2.86. The van der Waals surface area contributed by atoms with E-state index in [1.54, 1.807) is 13.0 Å². The fraction of sp³-hybridized carbons (Fsp3) is 0.333. The molecule has 0 aliphatic rings. The molecule has 0 fully saturated rings. The van der Waals surface area contributed by atoms with Crippen LogP contribution in [0.1, 0.15) is 18.9 Å². The van der Waals surface area contributed by atoms with Crippen molar-refractivity contribution < 1.29 is 8.78 Å². The van der Waals surface area contributed by atoms with Gasteiger partial charge in [-0.05, 0) is 38.6 Å². The van der Waals surface area contributed by atoms with Crippen molar-refractivity contribution in [1.82, 2.24) is 5.32 Å². The molecular formula is C12H15F2N. The molecule has 1 nitrogen and oxygen atoms in total. The maximum Gasteiger partial charge on any atom is 0.166 e. The van der Waals surface area contributed by atoms with Gasteiger partial charge in [0.1, 0.15) is 0 Å². The van der Waals surface area contributed by atoms with Crippen LogP contribution in [0, 0.1) is 11.6 Å². The van der Waals surface area contributed by atoms with E-state index in [1.165, 1.54) is 6.07 Å². The van der Waals surface area contributed by atoms with Crippen LogP contribution in [0.4, 0.5) is 8.78 Å². The first-order valence-electron chi connectivity index (χ1n) is 4.92. The van der Waals surface area contributed by atoms with Gasteiger partial charge in [0.2, 0.25) is 0 Å². The second-order valence-corrected chi connectivity index (χ2v) is 3.38. The number of rotatable bonds is 4. The number of hydrogen-bond donors (Lipinski definition) is 1. The van der Waals surface area contributed by atoms with Gasteiger partial charge in [-0.1, -0.05) is 18.2 Å². The third kappa shape index (κ3) is 3.13. The minimum absolute atomic E-state index is 0.339. The summed E-state index contributed by atoms with van der Waals surface area (Å²) >= 11 is 0. The van der Waals surface area contributed by atoms with Gasteiger partial charge < -0.3 is 5.32 Å². The van der Waals surface area contributed by atoms with Crippen molar-refractivity contribution in [2.45, 2.75) is 13.3 Å². The predicted molar refractivity (Wildman–Crippen MR) is 58.6 cm³/mol. The van der Waals surface area contributed by atoms with E-state index in [0.717, 1.165) is 24.6 Å². The average Bonchev–Trinajstić information content (AvgIpc) is 2.22. The molecule has 0 heterocycles. The van der Waals surface area contributed by atoms with Gasteiger partial charge >= 0.3 is 0 Å². The number of allylic oxidation sites excluding steroid dienone is 1. The molecule has 1 rings (SSSR count). The van der Waals surface area contributed by atoms with Crippen molar-refractivity contribution >= 4 is 5.57 Å². The summed E-state index contributed by atoms with van der Waals surface area (Å²) in [5.74, 6) is -1.57. The zero-order chi connectivity index (χ0) is 11.3. The smallest absolute Gasteiger partial charge is 0.166 e. The Bertz CT molecular complexity index is 359. The Morgan fingerprint density at radius 2 is 2.13 bits per heavy atom. The molecule has 0 spiro atoms. The van der Waals surface area contributed by atoms with Crippen molar-refractivity contribution in [3.63, 3.8) is 0 Å². The molecule has 0 saturated carbocycles. The van der Waals surface area contributed by atoms with Crippen LogP contribution in [0.15, 0.2) is 24.3 Å². The molecule has 0 unspecified atom stereocenters. The second kappa shape index (κ2) is 5.61. The number of nitrogens with one attached hydrogen (secondary N) is 1. The lowest BCUT2D eigenvalue weighted by molar-refractivity contribution is 0.506. The topological polar surface area (TPSA) is 12.0 Å². The molecule has 0 aliphatic heterocycles. The fourth-order valence-corrected chi connectivity index (χ4v) is 1.35. The first kappa shape index (κ1) is 11.9. The molecule has 0 atom stereocenters. The maximum atomic E-state index is 13.3.